The van der Waals surface area contributed by atoms with E-state index < -0.39 is 0 Å². The summed E-state index contributed by atoms with van der Waals surface area (Å²) in [6, 6.07) is 21.0. The zero-order valence-electron chi connectivity index (χ0n) is 15.5. The Hall–Kier alpha value is -2.68. The molecule has 3 heteroatoms. The number of para-hydroxylation sites is 1. The Kier molecular flexibility index (Phi) is 4.16. The molecule has 1 aromatic heterocycles. The third kappa shape index (κ3) is 3.23. The lowest BCUT2D eigenvalue weighted by Gasteiger charge is -2.26. The Morgan fingerprint density at radius 2 is 1.78 bits per heavy atom. The van der Waals surface area contributed by atoms with Crippen molar-refractivity contribution in [2.45, 2.75) is 44.1 Å². The summed E-state index contributed by atoms with van der Waals surface area (Å²) in [4.78, 5) is 20.5. The number of aromatic nitrogens is 1. The number of hydrogen-bond donors (Lipinski definition) is 0. The summed E-state index contributed by atoms with van der Waals surface area (Å²) in [6.07, 6.45) is 5.49. The van der Waals surface area contributed by atoms with E-state index in [1.807, 2.05) is 30.3 Å². The lowest BCUT2D eigenvalue weighted by atomic mass is 10.0. The van der Waals surface area contributed by atoms with Crippen molar-refractivity contribution in [3.63, 3.8) is 0 Å². The molecule has 0 N–H and O–H groups in total. The quantitative estimate of drug-likeness (QED) is 0.662. The van der Waals surface area contributed by atoms with Gasteiger partial charge in [-0.25, -0.2) is 0 Å². The smallest absolute Gasteiger partial charge is 0.254 e. The van der Waals surface area contributed by atoms with Gasteiger partial charge in [0.15, 0.2) is 0 Å². The fraction of sp³-hybridized carbons (Fsp3) is 0.333. The molecule has 1 aliphatic heterocycles. The van der Waals surface area contributed by atoms with Crippen LogP contribution in [-0.4, -0.2) is 28.4 Å². The molecule has 0 radical (unpaired) electrons. The Labute approximate surface area is 160 Å². The van der Waals surface area contributed by atoms with Gasteiger partial charge < -0.3 is 4.90 Å². The summed E-state index contributed by atoms with van der Waals surface area (Å²) in [5.74, 6) is 0.716. The molecule has 0 spiro atoms. The van der Waals surface area contributed by atoms with E-state index in [9.17, 15) is 4.79 Å². The van der Waals surface area contributed by atoms with E-state index in [1.165, 1.54) is 18.4 Å². The highest BCUT2D eigenvalue weighted by atomic mass is 16.2. The van der Waals surface area contributed by atoms with Crippen LogP contribution >= 0.6 is 0 Å². The standard InChI is InChI=1S/C24H24N2O/c27-24(26-14-6-9-19(26)15-17-7-2-1-3-8-17)21-16-23(18-12-13-18)25-22-11-5-4-10-20(21)22/h1-5,7-8,10-11,16,18-19H,6,9,12-15H2. The van der Waals surface area contributed by atoms with Crippen molar-refractivity contribution in [3.8, 4) is 0 Å². The van der Waals surface area contributed by atoms with Crippen LogP contribution in [0.4, 0.5) is 0 Å². The van der Waals surface area contributed by atoms with Crippen LogP contribution in [0.25, 0.3) is 10.9 Å². The van der Waals surface area contributed by atoms with Gasteiger partial charge in [-0.15, -0.1) is 0 Å². The van der Waals surface area contributed by atoms with E-state index in [2.05, 4.69) is 35.2 Å². The number of likely N-dealkylation sites (tertiary alicyclic amines) is 1. The number of nitrogens with zero attached hydrogens (tertiary/aromatic N) is 2. The molecule has 0 bridgehead atoms. The molecule has 1 aliphatic carbocycles. The van der Waals surface area contributed by atoms with Gasteiger partial charge >= 0.3 is 0 Å². The van der Waals surface area contributed by atoms with Gasteiger partial charge in [-0.3, -0.25) is 9.78 Å². The Morgan fingerprint density at radius 3 is 2.59 bits per heavy atom. The van der Waals surface area contributed by atoms with E-state index in [1.54, 1.807) is 0 Å². The molecule has 2 aromatic carbocycles. The summed E-state index contributed by atoms with van der Waals surface area (Å²) < 4.78 is 0. The van der Waals surface area contributed by atoms with Gasteiger partial charge in [0.25, 0.3) is 5.91 Å². The number of rotatable bonds is 4. The summed E-state index contributed by atoms with van der Waals surface area (Å²) in [6.45, 7) is 0.853. The van der Waals surface area contributed by atoms with Crippen LogP contribution < -0.4 is 0 Å². The third-order valence-electron chi connectivity index (χ3n) is 5.91. The zero-order valence-corrected chi connectivity index (χ0v) is 15.5. The van der Waals surface area contributed by atoms with Gasteiger partial charge in [0.1, 0.15) is 0 Å². The second-order valence-corrected chi connectivity index (χ2v) is 7.87. The van der Waals surface area contributed by atoms with Gasteiger partial charge in [-0.05, 0) is 49.8 Å². The molecule has 2 fully saturated rings. The number of carbonyl (C=O) groups excluding carboxylic acids is 1. The van der Waals surface area contributed by atoms with Gasteiger partial charge in [-0.1, -0.05) is 48.5 Å². The summed E-state index contributed by atoms with van der Waals surface area (Å²) in [7, 11) is 0. The summed E-state index contributed by atoms with van der Waals surface area (Å²) >= 11 is 0. The number of fused-ring (bicyclic) bond motifs is 1. The molecule has 27 heavy (non-hydrogen) atoms. The molecule has 1 atom stereocenters. The molecule has 3 aromatic rings. The van der Waals surface area contributed by atoms with Crippen LogP contribution in [0.3, 0.4) is 0 Å². The van der Waals surface area contributed by atoms with Gasteiger partial charge in [0.2, 0.25) is 0 Å². The van der Waals surface area contributed by atoms with Crippen LogP contribution in [0.15, 0.2) is 60.7 Å². The molecule has 1 amide bonds. The van der Waals surface area contributed by atoms with Crippen molar-refractivity contribution in [2.75, 3.05) is 6.54 Å². The maximum atomic E-state index is 13.6. The lowest BCUT2D eigenvalue weighted by Crippen LogP contribution is -2.37. The summed E-state index contributed by atoms with van der Waals surface area (Å²) in [5.41, 5.74) is 4.18. The largest absolute Gasteiger partial charge is 0.335 e. The number of carbonyl (C=O) groups is 1. The lowest BCUT2D eigenvalue weighted by molar-refractivity contribution is 0.0738. The van der Waals surface area contributed by atoms with Gasteiger partial charge in [0.05, 0.1) is 11.1 Å². The first-order chi connectivity index (χ1) is 13.3. The van der Waals surface area contributed by atoms with E-state index in [4.69, 9.17) is 4.98 Å². The molecule has 3 nitrogen and oxygen atoms in total. The fourth-order valence-electron chi connectivity index (χ4n) is 4.32. The number of amides is 1. The highest BCUT2D eigenvalue weighted by Crippen LogP contribution is 2.40. The van der Waals surface area contributed by atoms with Crippen molar-refractivity contribution >= 4 is 16.8 Å². The predicted molar refractivity (Wildman–Crippen MR) is 108 cm³/mol. The molecule has 1 unspecified atom stereocenters. The number of pyridine rings is 1. The molecule has 5 rings (SSSR count). The van der Waals surface area contributed by atoms with Crippen LogP contribution in [0.1, 0.15) is 53.2 Å². The normalized spacial score (nSPS) is 19.6. The van der Waals surface area contributed by atoms with E-state index in [0.29, 0.717) is 5.92 Å². The monoisotopic (exact) mass is 356 g/mol. The average molecular weight is 356 g/mol. The number of benzene rings is 2. The molecule has 1 saturated carbocycles. The first-order valence-electron chi connectivity index (χ1n) is 10.0. The van der Waals surface area contributed by atoms with E-state index in [-0.39, 0.29) is 11.9 Å². The minimum absolute atomic E-state index is 0.175. The topological polar surface area (TPSA) is 33.2 Å². The maximum Gasteiger partial charge on any atom is 0.254 e. The van der Waals surface area contributed by atoms with E-state index in [0.717, 1.165) is 48.0 Å². The highest BCUT2D eigenvalue weighted by molar-refractivity contribution is 6.06. The minimum Gasteiger partial charge on any atom is -0.335 e. The van der Waals surface area contributed by atoms with Crippen LogP contribution in [0.5, 0.6) is 0 Å². The minimum atomic E-state index is 0.175. The molecule has 2 heterocycles. The molecule has 1 saturated heterocycles. The second kappa shape index (κ2) is 6.80. The van der Waals surface area contributed by atoms with Gasteiger partial charge in [0, 0.05) is 29.6 Å². The Bertz CT molecular complexity index is 978. The van der Waals surface area contributed by atoms with Crippen LogP contribution in [0, 0.1) is 0 Å². The van der Waals surface area contributed by atoms with Crippen molar-refractivity contribution in [2.24, 2.45) is 0 Å². The Balaban J connectivity index is 1.49. The first kappa shape index (κ1) is 16.5. The SMILES string of the molecule is O=C(c1cc(C2CC2)nc2ccccc12)N1CCCC1Cc1ccccc1. The molecular formula is C24H24N2O. The van der Waals surface area contributed by atoms with Gasteiger partial charge in [-0.2, -0.15) is 0 Å². The molecular weight excluding hydrogens is 332 g/mol. The van der Waals surface area contributed by atoms with Crippen LogP contribution in [0.2, 0.25) is 0 Å². The van der Waals surface area contributed by atoms with Crippen molar-refractivity contribution < 1.29 is 4.79 Å². The highest BCUT2D eigenvalue weighted by Gasteiger charge is 2.32. The van der Waals surface area contributed by atoms with Crippen molar-refractivity contribution in [1.82, 2.24) is 9.88 Å². The Morgan fingerprint density at radius 1 is 1.00 bits per heavy atom. The predicted octanol–water partition coefficient (Wildman–Crippen LogP) is 4.96. The van der Waals surface area contributed by atoms with Crippen LogP contribution in [-0.2, 0) is 6.42 Å². The molecule has 136 valence electrons. The third-order valence-corrected chi connectivity index (χ3v) is 5.91. The maximum absolute atomic E-state index is 13.6. The molecule has 2 aliphatic rings. The second-order valence-electron chi connectivity index (χ2n) is 7.87. The summed E-state index contributed by atoms with van der Waals surface area (Å²) in [5, 5.41) is 0.984. The zero-order chi connectivity index (χ0) is 18.2. The van der Waals surface area contributed by atoms with Crippen molar-refractivity contribution in [1.29, 1.82) is 0 Å². The average Bonchev–Trinajstić information content (AvgIpc) is 3.47. The van der Waals surface area contributed by atoms with Crippen molar-refractivity contribution in [3.05, 3.63) is 77.5 Å². The number of hydrogen-bond acceptors (Lipinski definition) is 2. The van der Waals surface area contributed by atoms with E-state index >= 15 is 0 Å². The first-order valence-corrected chi connectivity index (χ1v) is 10.0. The fourth-order valence-corrected chi connectivity index (χ4v) is 4.32.